The van der Waals surface area contributed by atoms with Gasteiger partial charge in [0.2, 0.25) is 0 Å². The maximum Gasteiger partial charge on any atom is 0.343 e. The molecule has 3 rings (SSSR count). The number of hydrogen-bond donors (Lipinski definition) is 1. The Morgan fingerprint density at radius 3 is 2.52 bits per heavy atom. The average molecular weight is 633 g/mol. The molecule has 224 valence electrons. The van der Waals surface area contributed by atoms with Gasteiger partial charge in [-0.3, -0.25) is 9.78 Å². The van der Waals surface area contributed by atoms with Crippen LogP contribution in [0.15, 0.2) is 52.3 Å². The topological polar surface area (TPSA) is 87.1 Å². The standard InChI is InChI=1S/C31H36Cl3N5O3/c1-22(38(3)29-14-18-35-28-21-25(34)9-12-27(28)29)5-4-17-36-31(41)37-23(2)42-30(40)13-8-24-6-10-26(11-7-24)39(19-15-32)20-16-33/h6-7,10-11,14,18,21-22H,4-5,8,13,15-17,19-20H2,1-3H3,(H,36,41)/b37-23+. The predicted molar refractivity (Wildman–Crippen MR) is 172 cm³/mol. The highest BCUT2D eigenvalue weighted by atomic mass is 35.5. The Labute approximate surface area is 262 Å². The SMILES string of the molecule is C/C(=N\C(=O)NCCCC(C)N(C)c1ccnc2c1=C=C=C(Cl)C=2)OC(=O)CCc1ccc(N(CCCl)CCCl)cc1. The van der Waals surface area contributed by atoms with Crippen LogP contribution in [0, 0.1) is 0 Å². The third-order valence-electron chi connectivity index (χ3n) is 6.79. The summed E-state index contributed by atoms with van der Waals surface area (Å²) in [5.74, 6) is 0.591. The Bertz CT molecular complexity index is 1460. The molecule has 0 saturated heterocycles. The Balaban J connectivity index is 1.39. The molecule has 42 heavy (non-hydrogen) atoms. The molecule has 11 heteroatoms. The quantitative estimate of drug-likeness (QED) is 0.0810. The number of urea groups is 1. The molecule has 0 aliphatic heterocycles. The van der Waals surface area contributed by atoms with Gasteiger partial charge < -0.3 is 19.9 Å². The molecule has 1 heterocycles. The van der Waals surface area contributed by atoms with Gasteiger partial charge in [0.05, 0.1) is 27.7 Å². The van der Waals surface area contributed by atoms with Gasteiger partial charge in [-0.15, -0.1) is 23.2 Å². The van der Waals surface area contributed by atoms with E-state index in [0.717, 1.165) is 40.3 Å². The third-order valence-corrected chi connectivity index (χ3v) is 7.34. The number of anilines is 2. The highest BCUT2D eigenvalue weighted by Crippen LogP contribution is 2.17. The van der Waals surface area contributed by atoms with Crippen LogP contribution in [0.1, 0.15) is 38.7 Å². The lowest BCUT2D eigenvalue weighted by Gasteiger charge is -2.27. The second kappa shape index (κ2) is 17.0. The number of alkyl halides is 2. The highest BCUT2D eigenvalue weighted by Gasteiger charge is 2.13. The molecule has 1 aromatic heterocycles. The summed E-state index contributed by atoms with van der Waals surface area (Å²) in [4.78, 5) is 37.0. The first kappa shape index (κ1) is 33.3. The zero-order valence-electron chi connectivity index (χ0n) is 24.1. The summed E-state index contributed by atoms with van der Waals surface area (Å²) in [7, 11) is 2.01. The molecule has 2 amide bonds. The molecule has 8 nitrogen and oxygen atoms in total. The maximum atomic E-state index is 12.3. The number of carbonyl (C=O) groups is 2. The van der Waals surface area contributed by atoms with Crippen LogP contribution in [0.2, 0.25) is 0 Å². The molecular formula is C31H36Cl3N5O3. The lowest BCUT2D eigenvalue weighted by Crippen LogP contribution is -2.39. The van der Waals surface area contributed by atoms with Crippen LogP contribution in [-0.4, -0.2) is 67.4 Å². The number of nitrogens with one attached hydrogen (secondary N) is 1. The van der Waals surface area contributed by atoms with Gasteiger partial charge in [-0.05, 0) is 61.8 Å². The largest absolute Gasteiger partial charge is 0.412 e. The second-order valence-electron chi connectivity index (χ2n) is 9.80. The number of allylic oxidation sites excluding steroid dienone is 1. The number of fused-ring (bicyclic) bond motifs is 1. The summed E-state index contributed by atoms with van der Waals surface area (Å²) in [6.07, 6.45) is 5.76. The number of aliphatic imine (C=N–C) groups is 1. The van der Waals surface area contributed by atoms with Crippen LogP contribution in [0.4, 0.5) is 16.2 Å². The number of aromatic nitrogens is 1. The normalized spacial score (nSPS) is 12.8. The van der Waals surface area contributed by atoms with Crippen LogP contribution >= 0.6 is 34.8 Å². The zero-order chi connectivity index (χ0) is 30.5. The van der Waals surface area contributed by atoms with Crippen LogP contribution in [0.25, 0.3) is 11.8 Å². The molecule has 1 N–H and O–H groups in total. The molecular weight excluding hydrogens is 597 g/mol. The molecule has 0 saturated carbocycles. The smallest absolute Gasteiger partial charge is 0.343 e. The Morgan fingerprint density at radius 2 is 1.83 bits per heavy atom. The summed E-state index contributed by atoms with van der Waals surface area (Å²) >= 11 is 17.8. The van der Waals surface area contributed by atoms with E-state index in [1.807, 2.05) is 37.4 Å². The fraction of sp³-hybridized carbons (Fsp3) is 0.419. The van der Waals surface area contributed by atoms with Crippen molar-refractivity contribution in [1.29, 1.82) is 0 Å². The minimum absolute atomic E-state index is 0.0106. The molecule has 0 spiro atoms. The van der Waals surface area contributed by atoms with Gasteiger partial charge in [-0.2, -0.15) is 4.99 Å². The zero-order valence-corrected chi connectivity index (χ0v) is 26.4. The summed E-state index contributed by atoms with van der Waals surface area (Å²) in [6, 6.07) is 9.50. The number of ether oxygens (including phenoxy) is 1. The van der Waals surface area contributed by atoms with Gasteiger partial charge in [0, 0.05) is 63.3 Å². The van der Waals surface area contributed by atoms with E-state index in [2.05, 4.69) is 43.5 Å². The summed E-state index contributed by atoms with van der Waals surface area (Å²) < 4.78 is 5.22. The lowest BCUT2D eigenvalue weighted by atomic mass is 10.1. The molecule has 1 atom stereocenters. The number of rotatable bonds is 14. The second-order valence-corrected chi connectivity index (χ2v) is 11.0. The van der Waals surface area contributed by atoms with Crippen LogP contribution in [-0.2, 0) is 16.0 Å². The van der Waals surface area contributed by atoms with Crippen molar-refractivity contribution < 1.29 is 14.3 Å². The van der Waals surface area contributed by atoms with Crippen molar-refractivity contribution >= 4 is 75.9 Å². The molecule has 1 aliphatic rings. The Morgan fingerprint density at radius 1 is 1.12 bits per heavy atom. The van der Waals surface area contributed by atoms with Crippen molar-refractivity contribution in [3.63, 3.8) is 0 Å². The fourth-order valence-corrected chi connectivity index (χ4v) is 4.97. The first-order valence-electron chi connectivity index (χ1n) is 13.8. The molecule has 0 radical (unpaired) electrons. The number of pyridine rings is 1. The maximum absolute atomic E-state index is 12.3. The van der Waals surface area contributed by atoms with E-state index in [9.17, 15) is 9.59 Å². The predicted octanol–water partition coefficient (Wildman–Crippen LogP) is 4.73. The van der Waals surface area contributed by atoms with Crippen LogP contribution in [0.5, 0.6) is 0 Å². The van der Waals surface area contributed by atoms with Gasteiger partial charge in [-0.1, -0.05) is 29.5 Å². The summed E-state index contributed by atoms with van der Waals surface area (Å²) in [6.45, 7) is 5.47. The van der Waals surface area contributed by atoms with Gasteiger partial charge >= 0.3 is 12.0 Å². The Hall–Kier alpha value is -3.25. The molecule has 1 aliphatic carbocycles. The third kappa shape index (κ3) is 10.2. The Kier molecular flexibility index (Phi) is 13.5. The van der Waals surface area contributed by atoms with Crippen molar-refractivity contribution in [2.45, 2.75) is 45.6 Å². The van der Waals surface area contributed by atoms with E-state index in [-0.39, 0.29) is 18.4 Å². The molecule has 0 fully saturated rings. The molecule has 0 bridgehead atoms. The van der Waals surface area contributed by atoms with Crippen molar-refractivity contribution in [2.24, 2.45) is 4.99 Å². The summed E-state index contributed by atoms with van der Waals surface area (Å²) in [5, 5.41) is 4.85. The van der Waals surface area contributed by atoms with Crippen molar-refractivity contribution in [3.05, 3.63) is 63.4 Å². The van der Waals surface area contributed by atoms with E-state index in [1.54, 1.807) is 12.3 Å². The first-order valence-corrected chi connectivity index (χ1v) is 15.3. The van der Waals surface area contributed by atoms with Crippen molar-refractivity contribution in [1.82, 2.24) is 10.3 Å². The minimum atomic E-state index is -0.544. The van der Waals surface area contributed by atoms with Crippen molar-refractivity contribution in [3.8, 4) is 0 Å². The molecule has 2 aromatic rings. The van der Waals surface area contributed by atoms with Gasteiger partial charge in [0.25, 0.3) is 0 Å². The van der Waals surface area contributed by atoms with Gasteiger partial charge in [0.1, 0.15) is 0 Å². The number of benzene rings is 1. The number of carbonyl (C=O) groups excluding carboxylic acids is 2. The van der Waals surface area contributed by atoms with E-state index in [4.69, 9.17) is 39.5 Å². The average Bonchev–Trinajstić information content (AvgIpc) is 2.97. The van der Waals surface area contributed by atoms with E-state index >= 15 is 0 Å². The fourth-order valence-electron chi connectivity index (χ4n) is 4.42. The molecule has 1 aromatic carbocycles. The number of nitrogens with zero attached hydrogens (tertiary/aromatic N) is 4. The molecule has 1 unspecified atom stereocenters. The minimum Gasteiger partial charge on any atom is -0.412 e. The monoisotopic (exact) mass is 631 g/mol. The summed E-state index contributed by atoms with van der Waals surface area (Å²) in [5.41, 5.74) is 9.01. The van der Waals surface area contributed by atoms with E-state index in [1.165, 1.54) is 6.92 Å². The van der Waals surface area contributed by atoms with E-state index in [0.29, 0.717) is 42.8 Å². The number of aryl methyl sites for hydroxylation is 1. The number of halogens is 3. The van der Waals surface area contributed by atoms with Gasteiger partial charge in [-0.25, -0.2) is 4.79 Å². The van der Waals surface area contributed by atoms with E-state index < -0.39 is 12.0 Å². The highest BCUT2D eigenvalue weighted by molar-refractivity contribution is 6.34. The number of amides is 2. The van der Waals surface area contributed by atoms with Crippen LogP contribution < -0.4 is 25.7 Å². The van der Waals surface area contributed by atoms with Crippen molar-refractivity contribution in [2.75, 3.05) is 48.2 Å². The lowest BCUT2D eigenvalue weighted by molar-refractivity contribution is -0.135. The van der Waals surface area contributed by atoms with Crippen LogP contribution in [0.3, 0.4) is 0 Å². The van der Waals surface area contributed by atoms with Gasteiger partial charge in [0.15, 0.2) is 5.90 Å². The first-order chi connectivity index (χ1) is 20.2. The number of esters is 1. The number of hydrogen-bond acceptors (Lipinski definition) is 6.